The van der Waals surface area contributed by atoms with Crippen LogP contribution in [0.15, 0.2) is 30.5 Å². The van der Waals surface area contributed by atoms with Crippen molar-refractivity contribution in [2.45, 2.75) is 76.1 Å². The molecule has 0 amide bonds. The van der Waals surface area contributed by atoms with Gasteiger partial charge in [-0.05, 0) is 56.2 Å². The molecule has 0 bridgehead atoms. The molecule has 4 rings (SSSR count). The number of ether oxygens (including phenoxy) is 1. The SMILES string of the molecule is NCc1cn(C2CCN(Cc3ccc(OC4CCCC4)cc3)CC2)nn1.O=C(O)C(F)(F)F.O=C(O)C(F)(F)F. The van der Waals surface area contributed by atoms with Crippen LogP contribution in [0.1, 0.15) is 55.8 Å². The summed E-state index contributed by atoms with van der Waals surface area (Å²) in [5.41, 5.74) is 7.85. The van der Waals surface area contributed by atoms with Crippen LogP contribution in [0, 0.1) is 0 Å². The van der Waals surface area contributed by atoms with Gasteiger partial charge >= 0.3 is 24.3 Å². The van der Waals surface area contributed by atoms with Crippen LogP contribution in [-0.2, 0) is 22.7 Å². The molecule has 0 unspecified atom stereocenters. The predicted molar refractivity (Wildman–Crippen MR) is 128 cm³/mol. The zero-order valence-electron chi connectivity index (χ0n) is 21.4. The highest BCUT2D eigenvalue weighted by molar-refractivity contribution is 5.73. The molecule has 2 heterocycles. The van der Waals surface area contributed by atoms with Crippen molar-refractivity contribution in [3.63, 3.8) is 0 Å². The third kappa shape index (κ3) is 11.4. The first-order valence-electron chi connectivity index (χ1n) is 12.4. The number of hydrogen-bond acceptors (Lipinski definition) is 7. The zero-order valence-corrected chi connectivity index (χ0v) is 21.4. The van der Waals surface area contributed by atoms with E-state index in [2.05, 4.69) is 39.5 Å². The summed E-state index contributed by atoms with van der Waals surface area (Å²) in [5, 5.41) is 22.6. The van der Waals surface area contributed by atoms with Gasteiger partial charge in [-0.15, -0.1) is 5.10 Å². The Hall–Kier alpha value is -3.40. The van der Waals surface area contributed by atoms with E-state index >= 15 is 0 Å². The molecule has 0 spiro atoms. The number of halogens is 6. The number of rotatable bonds is 6. The number of carbonyl (C=O) groups is 2. The Kier molecular flexibility index (Phi) is 12.2. The van der Waals surface area contributed by atoms with Gasteiger partial charge in [-0.25, -0.2) is 14.3 Å². The first-order chi connectivity index (χ1) is 18.7. The molecule has 224 valence electrons. The zero-order chi connectivity index (χ0) is 29.9. The van der Waals surface area contributed by atoms with Crippen molar-refractivity contribution < 1.29 is 50.9 Å². The predicted octanol–water partition coefficient (Wildman–Crippen LogP) is 4.16. The van der Waals surface area contributed by atoms with Crippen molar-refractivity contribution in [3.8, 4) is 5.75 Å². The lowest BCUT2D eigenvalue weighted by Crippen LogP contribution is -2.34. The number of aromatic nitrogens is 3. The molecule has 1 aromatic heterocycles. The molecule has 1 aliphatic heterocycles. The Morgan fingerprint density at radius 3 is 1.85 bits per heavy atom. The van der Waals surface area contributed by atoms with Crippen LogP contribution in [0.3, 0.4) is 0 Å². The van der Waals surface area contributed by atoms with E-state index in [1.807, 2.05) is 10.9 Å². The molecule has 10 nitrogen and oxygen atoms in total. The van der Waals surface area contributed by atoms with Gasteiger partial charge in [0, 0.05) is 26.2 Å². The Morgan fingerprint density at radius 2 is 1.43 bits per heavy atom. The van der Waals surface area contributed by atoms with Crippen LogP contribution in [0.4, 0.5) is 26.3 Å². The number of hydrogen-bond donors (Lipinski definition) is 3. The third-order valence-corrected chi connectivity index (χ3v) is 6.12. The lowest BCUT2D eigenvalue weighted by atomic mass is 10.0. The molecule has 1 saturated carbocycles. The Labute approximate surface area is 225 Å². The van der Waals surface area contributed by atoms with E-state index in [0.717, 1.165) is 43.9 Å². The fourth-order valence-electron chi connectivity index (χ4n) is 4.06. The van der Waals surface area contributed by atoms with Crippen LogP contribution in [0.2, 0.25) is 0 Å². The normalized spacial score (nSPS) is 16.9. The van der Waals surface area contributed by atoms with Crippen LogP contribution < -0.4 is 10.5 Å². The molecular formula is C24H31F6N5O5. The van der Waals surface area contributed by atoms with E-state index in [-0.39, 0.29) is 0 Å². The Morgan fingerprint density at radius 1 is 0.925 bits per heavy atom. The van der Waals surface area contributed by atoms with Crippen LogP contribution >= 0.6 is 0 Å². The topological polar surface area (TPSA) is 144 Å². The van der Waals surface area contributed by atoms with Crippen molar-refractivity contribution in [1.82, 2.24) is 19.9 Å². The highest BCUT2D eigenvalue weighted by Gasteiger charge is 2.38. The summed E-state index contributed by atoms with van der Waals surface area (Å²) in [4.78, 5) is 20.3. The molecule has 2 aliphatic rings. The van der Waals surface area contributed by atoms with Gasteiger partial charge in [0.2, 0.25) is 0 Å². The van der Waals surface area contributed by atoms with E-state index in [0.29, 0.717) is 18.7 Å². The standard InChI is InChI=1S/C20H29N5O.2C2HF3O2/c21-13-17-15-25(23-22-17)18-9-11-24(12-10-18)14-16-5-7-20(8-6-16)26-19-3-1-2-4-19;2*3-2(4,5)1(6)7/h5-8,15,18-19H,1-4,9-14,21H2;2*(H,6,7). The second-order valence-corrected chi connectivity index (χ2v) is 9.18. The number of benzene rings is 1. The maximum atomic E-state index is 10.6. The molecule has 4 N–H and O–H groups in total. The number of likely N-dealkylation sites (tertiary alicyclic amines) is 1. The molecule has 16 heteroatoms. The van der Waals surface area contributed by atoms with E-state index < -0.39 is 24.3 Å². The summed E-state index contributed by atoms with van der Waals surface area (Å²) in [6.07, 6.45) is -0.515. The lowest BCUT2D eigenvalue weighted by molar-refractivity contribution is -0.193. The fraction of sp³-hybridized carbons (Fsp3) is 0.583. The van der Waals surface area contributed by atoms with Crippen LogP contribution in [-0.4, -0.2) is 73.6 Å². The quantitative estimate of drug-likeness (QED) is 0.427. The molecular weight excluding hydrogens is 552 g/mol. The highest BCUT2D eigenvalue weighted by atomic mass is 19.4. The highest BCUT2D eigenvalue weighted by Crippen LogP contribution is 2.26. The molecule has 40 heavy (non-hydrogen) atoms. The molecule has 2 fully saturated rings. The van der Waals surface area contributed by atoms with Gasteiger partial charge in [-0.3, -0.25) is 4.90 Å². The van der Waals surface area contributed by atoms with Crippen molar-refractivity contribution in [1.29, 1.82) is 0 Å². The summed E-state index contributed by atoms with van der Waals surface area (Å²) in [6, 6.07) is 9.12. The van der Waals surface area contributed by atoms with E-state index in [1.54, 1.807) is 0 Å². The maximum Gasteiger partial charge on any atom is 0.490 e. The van der Waals surface area contributed by atoms with Gasteiger partial charge in [0.1, 0.15) is 5.75 Å². The Balaban J connectivity index is 0.000000333. The van der Waals surface area contributed by atoms with Crippen molar-refractivity contribution in [3.05, 3.63) is 41.7 Å². The van der Waals surface area contributed by atoms with Gasteiger partial charge < -0.3 is 20.7 Å². The molecule has 0 atom stereocenters. The molecule has 1 aliphatic carbocycles. The summed E-state index contributed by atoms with van der Waals surface area (Å²) in [5.74, 6) is -4.50. The number of nitrogens with zero attached hydrogens (tertiary/aromatic N) is 4. The van der Waals surface area contributed by atoms with Crippen LogP contribution in [0.25, 0.3) is 0 Å². The minimum absolute atomic E-state index is 0.427. The largest absolute Gasteiger partial charge is 0.490 e. The summed E-state index contributed by atoms with van der Waals surface area (Å²) < 4.78 is 71.5. The van der Waals surface area contributed by atoms with Gasteiger partial charge in [0.15, 0.2) is 0 Å². The van der Waals surface area contributed by atoms with Gasteiger partial charge in [-0.1, -0.05) is 17.3 Å². The summed E-state index contributed by atoms with van der Waals surface area (Å²) in [6.45, 7) is 3.63. The first kappa shape index (κ1) is 32.8. The fourth-order valence-corrected chi connectivity index (χ4v) is 4.06. The number of carboxylic acids is 2. The monoisotopic (exact) mass is 583 g/mol. The maximum absolute atomic E-state index is 10.6. The minimum atomic E-state index is -5.08. The summed E-state index contributed by atoms with van der Waals surface area (Å²) in [7, 11) is 0. The number of aliphatic carboxylic acids is 2. The number of alkyl halides is 6. The summed E-state index contributed by atoms with van der Waals surface area (Å²) >= 11 is 0. The lowest BCUT2D eigenvalue weighted by Gasteiger charge is -2.31. The number of nitrogens with two attached hydrogens (primary N) is 1. The number of carboxylic acid groups (broad SMARTS) is 2. The molecule has 1 aromatic carbocycles. The van der Waals surface area contributed by atoms with E-state index in [9.17, 15) is 26.3 Å². The molecule has 2 aromatic rings. The van der Waals surface area contributed by atoms with Crippen LogP contribution in [0.5, 0.6) is 5.75 Å². The smallest absolute Gasteiger partial charge is 0.490 e. The van der Waals surface area contributed by atoms with Crippen molar-refractivity contribution in [2.24, 2.45) is 5.73 Å². The number of piperidine rings is 1. The van der Waals surface area contributed by atoms with Gasteiger partial charge in [0.25, 0.3) is 0 Å². The second-order valence-electron chi connectivity index (χ2n) is 9.18. The average molecular weight is 584 g/mol. The first-order valence-corrected chi connectivity index (χ1v) is 12.4. The van der Waals surface area contributed by atoms with Crippen molar-refractivity contribution >= 4 is 11.9 Å². The van der Waals surface area contributed by atoms with Gasteiger partial charge in [0.05, 0.1) is 24.0 Å². The molecule has 0 radical (unpaired) electrons. The van der Waals surface area contributed by atoms with E-state index in [4.69, 9.17) is 30.3 Å². The minimum Gasteiger partial charge on any atom is -0.490 e. The third-order valence-electron chi connectivity index (χ3n) is 6.12. The second kappa shape index (κ2) is 14.8. The van der Waals surface area contributed by atoms with E-state index in [1.165, 1.54) is 31.2 Å². The molecule has 1 saturated heterocycles. The Bertz CT molecular complexity index is 1040. The average Bonchev–Trinajstić information content (AvgIpc) is 3.58. The van der Waals surface area contributed by atoms with Gasteiger partial charge in [-0.2, -0.15) is 26.3 Å². The van der Waals surface area contributed by atoms with Crippen molar-refractivity contribution in [2.75, 3.05) is 13.1 Å².